The predicted octanol–water partition coefficient (Wildman–Crippen LogP) is 1.19. The Morgan fingerprint density at radius 1 is 1.37 bits per heavy atom. The van der Waals surface area contributed by atoms with E-state index in [1.807, 2.05) is 18.2 Å². The Morgan fingerprint density at radius 2 is 2.05 bits per heavy atom. The third-order valence-electron chi connectivity index (χ3n) is 3.81. The number of hydrogen-bond acceptors (Lipinski definition) is 2. The summed E-state index contributed by atoms with van der Waals surface area (Å²) in [7, 11) is 0. The molecule has 1 heterocycles. The second-order valence-electron chi connectivity index (χ2n) is 4.98. The molecule has 2 bridgehead atoms. The molecule has 5 heteroatoms. The first-order chi connectivity index (χ1) is 9.09. The zero-order valence-corrected chi connectivity index (χ0v) is 12.9. The van der Waals surface area contributed by atoms with Gasteiger partial charge in [0, 0.05) is 0 Å². The number of carbonyl (C=O) groups is 2. The van der Waals surface area contributed by atoms with Crippen molar-refractivity contribution in [1.29, 1.82) is 0 Å². The van der Waals surface area contributed by atoms with E-state index in [0.717, 1.165) is 6.42 Å². The fourth-order valence-electron chi connectivity index (χ4n) is 2.99. The summed E-state index contributed by atoms with van der Waals surface area (Å²) in [5.74, 6) is -0.248. The van der Waals surface area contributed by atoms with Crippen LogP contribution in [0.4, 0.5) is 0 Å². The fraction of sp³-hybridized carbons (Fsp3) is 0.429. The maximum atomic E-state index is 12.2. The zero-order chi connectivity index (χ0) is 13.6. The summed E-state index contributed by atoms with van der Waals surface area (Å²) in [6.07, 6.45) is 0.742. The van der Waals surface area contributed by atoms with Crippen molar-refractivity contribution in [2.75, 3.05) is 0 Å². The first kappa shape index (κ1) is 13.2. The first-order valence-electron chi connectivity index (χ1n) is 6.29. The molecule has 3 rings (SSSR count). The van der Waals surface area contributed by atoms with Crippen molar-refractivity contribution in [2.24, 2.45) is 5.92 Å². The average Bonchev–Trinajstić information content (AvgIpc) is 2.87. The number of likely N-dealkylation sites (tertiary alicyclic amines) is 1. The number of rotatable bonds is 2. The summed E-state index contributed by atoms with van der Waals surface area (Å²) in [6.45, 7) is 1.44. The third-order valence-corrected chi connectivity index (χ3v) is 7.73. The fourth-order valence-corrected chi connectivity index (χ4v) is 6.44. The Bertz CT molecular complexity index is 521. The summed E-state index contributed by atoms with van der Waals surface area (Å²) < 4.78 is 1.26. The molecule has 3 nitrogen and oxygen atoms in total. The molecule has 1 saturated heterocycles. The molecule has 4 atom stereocenters. The van der Waals surface area contributed by atoms with E-state index in [0.29, 0.717) is 0 Å². The van der Waals surface area contributed by atoms with Gasteiger partial charge in [0.1, 0.15) is 0 Å². The van der Waals surface area contributed by atoms with E-state index >= 15 is 0 Å². The van der Waals surface area contributed by atoms with Gasteiger partial charge < -0.3 is 0 Å². The number of hydrogen-bond donors (Lipinski definition) is 0. The van der Waals surface area contributed by atoms with Crippen LogP contribution < -0.4 is 4.46 Å². The third kappa shape index (κ3) is 2.12. The number of alkyl halides is 1. The molecule has 0 aromatic heterocycles. The number of carbonyl (C=O) groups excluding carboxylic acids is 2. The van der Waals surface area contributed by atoms with Crippen LogP contribution in [-0.2, 0) is 9.59 Å². The predicted molar refractivity (Wildman–Crippen MR) is 74.6 cm³/mol. The molecule has 100 valence electrons. The van der Waals surface area contributed by atoms with Gasteiger partial charge in [0.25, 0.3) is 0 Å². The molecule has 1 aromatic carbocycles. The average molecular weight is 343 g/mol. The Hall–Kier alpha value is -0.831. The van der Waals surface area contributed by atoms with Crippen LogP contribution in [0.25, 0.3) is 0 Å². The van der Waals surface area contributed by atoms with Gasteiger partial charge in [-0.3, -0.25) is 0 Å². The number of fused-ring (bicyclic) bond motifs is 2. The van der Waals surface area contributed by atoms with Crippen molar-refractivity contribution < 1.29 is 9.59 Å². The van der Waals surface area contributed by atoms with E-state index in [2.05, 4.69) is 12.1 Å². The van der Waals surface area contributed by atoms with Crippen LogP contribution >= 0.6 is 11.6 Å². The quantitative estimate of drug-likeness (QED) is 0.598. The summed E-state index contributed by atoms with van der Waals surface area (Å²) in [4.78, 5) is 25.3. The summed E-state index contributed by atoms with van der Waals surface area (Å²) in [5.41, 5.74) is 0. The number of benzene rings is 1. The van der Waals surface area contributed by atoms with Crippen molar-refractivity contribution in [2.45, 2.75) is 29.6 Å². The van der Waals surface area contributed by atoms with E-state index in [4.69, 9.17) is 11.6 Å². The molecule has 19 heavy (non-hydrogen) atoms. The molecule has 1 aliphatic carbocycles. The van der Waals surface area contributed by atoms with Crippen LogP contribution in [0, 0.1) is 5.92 Å². The second-order valence-corrected chi connectivity index (χ2v) is 8.11. The molecule has 2 aliphatic rings. The van der Waals surface area contributed by atoms with Crippen LogP contribution in [0.1, 0.15) is 13.3 Å². The maximum absolute atomic E-state index is 12.2. The van der Waals surface area contributed by atoms with Gasteiger partial charge in [0.15, 0.2) is 0 Å². The number of piperidine rings is 1. The van der Waals surface area contributed by atoms with Crippen LogP contribution in [0.3, 0.4) is 0 Å². The zero-order valence-electron chi connectivity index (χ0n) is 10.5. The molecule has 0 N–H and O–H groups in total. The van der Waals surface area contributed by atoms with Crippen LogP contribution in [0.15, 0.2) is 30.3 Å². The molecule has 2 amide bonds. The number of imide groups is 1. The minimum atomic E-state index is -0.172. The van der Waals surface area contributed by atoms with Crippen molar-refractivity contribution in [3.05, 3.63) is 30.3 Å². The monoisotopic (exact) mass is 343 g/mol. The van der Waals surface area contributed by atoms with E-state index in [-0.39, 0.29) is 48.9 Å². The Labute approximate surface area is 123 Å². The minimum absolute atomic E-state index is 0.0165. The molecule has 1 aliphatic heterocycles. The number of halogens is 1. The van der Waals surface area contributed by atoms with Crippen molar-refractivity contribution in [3.63, 3.8) is 0 Å². The molecule has 1 aromatic rings. The standard InChI is InChI=1S/C14H14ClNO2Se/c1-8(17)16-11-7-10(14(16)18)13(12(11)15)19-9-5-3-2-4-6-9/h2-6,10-13H,7H2,1H3/t10-,11+,12-,13-/m1/s1. The van der Waals surface area contributed by atoms with Crippen LogP contribution in [0.2, 0.25) is 4.82 Å². The number of nitrogens with zero attached hydrogens (tertiary/aromatic N) is 1. The Kier molecular flexibility index (Phi) is 3.42. The second kappa shape index (κ2) is 4.93. The van der Waals surface area contributed by atoms with Crippen LogP contribution in [0.5, 0.6) is 0 Å². The molecule has 1 saturated carbocycles. The molecule has 0 spiro atoms. The summed E-state index contributed by atoms with van der Waals surface area (Å²) in [6, 6.07) is 10.1. The van der Waals surface area contributed by atoms with Gasteiger partial charge in [0.2, 0.25) is 0 Å². The Balaban J connectivity index is 1.80. The normalized spacial score (nSPS) is 32.9. The van der Waals surface area contributed by atoms with E-state index in [1.54, 1.807) is 0 Å². The van der Waals surface area contributed by atoms with E-state index < -0.39 is 0 Å². The molecule has 0 radical (unpaired) electrons. The van der Waals surface area contributed by atoms with Gasteiger partial charge in [0.05, 0.1) is 0 Å². The van der Waals surface area contributed by atoms with Gasteiger partial charge in [-0.15, -0.1) is 0 Å². The van der Waals surface area contributed by atoms with Gasteiger partial charge in [-0.25, -0.2) is 0 Å². The van der Waals surface area contributed by atoms with Gasteiger partial charge in [-0.1, -0.05) is 0 Å². The van der Waals surface area contributed by atoms with Crippen molar-refractivity contribution >= 4 is 42.8 Å². The van der Waals surface area contributed by atoms with E-state index in [9.17, 15) is 9.59 Å². The SMILES string of the molecule is CC(=O)N1C(=O)[C@@H]2C[C@H]1[C@@H](Cl)[C@@H]2[Se]c1ccccc1. The van der Waals surface area contributed by atoms with Gasteiger partial charge in [-0.05, 0) is 0 Å². The first-order valence-corrected chi connectivity index (χ1v) is 8.57. The molecule has 2 fully saturated rings. The van der Waals surface area contributed by atoms with Gasteiger partial charge >= 0.3 is 123 Å². The molecular formula is C14H14ClNO2Se. The molecule has 0 unspecified atom stereocenters. The van der Waals surface area contributed by atoms with Gasteiger partial charge in [-0.2, -0.15) is 0 Å². The number of amides is 2. The summed E-state index contributed by atoms with van der Waals surface area (Å²) >= 11 is 6.68. The molecular weight excluding hydrogens is 329 g/mol. The Morgan fingerprint density at radius 3 is 2.68 bits per heavy atom. The van der Waals surface area contributed by atoms with Crippen LogP contribution in [-0.4, -0.2) is 43.1 Å². The topological polar surface area (TPSA) is 37.4 Å². The summed E-state index contributed by atoms with van der Waals surface area (Å²) in [5, 5.41) is -0.0909. The van der Waals surface area contributed by atoms with Crippen molar-refractivity contribution in [3.8, 4) is 0 Å². The van der Waals surface area contributed by atoms with E-state index in [1.165, 1.54) is 16.3 Å². The van der Waals surface area contributed by atoms with Crippen molar-refractivity contribution in [1.82, 2.24) is 4.90 Å².